The second-order valence-electron chi connectivity index (χ2n) is 5.46. The lowest BCUT2D eigenvalue weighted by Gasteiger charge is -2.13. The lowest BCUT2D eigenvalue weighted by Crippen LogP contribution is -2.16. The highest BCUT2D eigenvalue weighted by atomic mass is 16.5. The third kappa shape index (κ3) is 2.17. The number of hydrogen-bond acceptors (Lipinski definition) is 5. The topological polar surface area (TPSA) is 74.2 Å². The monoisotopic (exact) mass is 251 g/mol. The fraction of sp³-hybridized carbons (Fsp3) is 0.846. The molecule has 2 fully saturated rings. The van der Waals surface area contributed by atoms with Crippen molar-refractivity contribution in [2.24, 2.45) is 5.73 Å². The van der Waals surface area contributed by atoms with Gasteiger partial charge in [-0.2, -0.15) is 4.98 Å². The van der Waals surface area contributed by atoms with Crippen molar-refractivity contribution in [1.82, 2.24) is 10.1 Å². The van der Waals surface area contributed by atoms with Crippen molar-refractivity contribution in [2.45, 2.75) is 69.6 Å². The van der Waals surface area contributed by atoms with Gasteiger partial charge < -0.3 is 15.0 Å². The molecule has 2 aliphatic rings. The minimum absolute atomic E-state index is 0.120. The molecular weight excluding hydrogens is 230 g/mol. The van der Waals surface area contributed by atoms with Crippen LogP contribution in [0.1, 0.15) is 69.1 Å². The summed E-state index contributed by atoms with van der Waals surface area (Å²) in [5.41, 5.74) is 6.04. The Balaban J connectivity index is 1.66. The van der Waals surface area contributed by atoms with Crippen LogP contribution in [0.4, 0.5) is 0 Å². The van der Waals surface area contributed by atoms with E-state index in [1.54, 1.807) is 0 Å². The van der Waals surface area contributed by atoms with E-state index in [4.69, 9.17) is 15.0 Å². The van der Waals surface area contributed by atoms with Crippen molar-refractivity contribution in [2.75, 3.05) is 0 Å². The van der Waals surface area contributed by atoms with Gasteiger partial charge in [0.1, 0.15) is 0 Å². The van der Waals surface area contributed by atoms with Gasteiger partial charge in [-0.05, 0) is 25.7 Å². The zero-order chi connectivity index (χ0) is 12.5. The molecule has 0 radical (unpaired) electrons. The van der Waals surface area contributed by atoms with Crippen LogP contribution in [0.3, 0.4) is 0 Å². The van der Waals surface area contributed by atoms with Crippen LogP contribution in [0.25, 0.3) is 0 Å². The lowest BCUT2D eigenvalue weighted by atomic mass is 9.89. The molecule has 3 heterocycles. The first-order valence-electron chi connectivity index (χ1n) is 7.02. The quantitative estimate of drug-likeness (QED) is 0.869. The molecule has 2 saturated heterocycles. The molecule has 5 nitrogen and oxygen atoms in total. The number of nitrogens with two attached hydrogens (primary N) is 1. The molecule has 18 heavy (non-hydrogen) atoms. The van der Waals surface area contributed by atoms with Crippen LogP contribution in [0.15, 0.2) is 4.52 Å². The molecule has 3 rings (SSSR count). The Kier molecular flexibility index (Phi) is 3.35. The highest BCUT2D eigenvalue weighted by Crippen LogP contribution is 2.43. The van der Waals surface area contributed by atoms with Gasteiger partial charge in [0.25, 0.3) is 0 Å². The predicted octanol–water partition coefficient (Wildman–Crippen LogP) is 2.29. The third-order valence-electron chi connectivity index (χ3n) is 4.08. The van der Waals surface area contributed by atoms with Crippen LogP contribution < -0.4 is 5.73 Å². The molecule has 2 bridgehead atoms. The molecule has 0 aliphatic carbocycles. The minimum Gasteiger partial charge on any atom is -0.374 e. The van der Waals surface area contributed by atoms with Gasteiger partial charge in [-0.15, -0.1) is 0 Å². The number of nitrogens with zero attached hydrogens (tertiary/aromatic N) is 2. The molecule has 5 heteroatoms. The van der Waals surface area contributed by atoms with E-state index in [1.807, 2.05) is 0 Å². The summed E-state index contributed by atoms with van der Waals surface area (Å²) in [7, 11) is 0. The van der Waals surface area contributed by atoms with Gasteiger partial charge in [-0.25, -0.2) is 0 Å². The van der Waals surface area contributed by atoms with Crippen LogP contribution in [0.2, 0.25) is 0 Å². The van der Waals surface area contributed by atoms with E-state index in [9.17, 15) is 0 Å². The highest BCUT2D eigenvalue weighted by molar-refractivity contribution is 5.07. The van der Waals surface area contributed by atoms with E-state index >= 15 is 0 Å². The van der Waals surface area contributed by atoms with Gasteiger partial charge >= 0.3 is 0 Å². The van der Waals surface area contributed by atoms with Crippen molar-refractivity contribution in [1.29, 1.82) is 0 Å². The smallest absolute Gasteiger partial charge is 0.243 e. The number of fused-ring (bicyclic) bond motifs is 2. The number of hydrogen-bond donors (Lipinski definition) is 1. The molecular formula is C13H21N3O2. The van der Waals surface area contributed by atoms with Gasteiger partial charge in [-0.1, -0.05) is 24.9 Å². The number of ether oxygens (including phenoxy) is 1. The fourth-order valence-electron chi connectivity index (χ4n) is 3.01. The molecule has 4 atom stereocenters. The molecule has 4 unspecified atom stereocenters. The largest absolute Gasteiger partial charge is 0.374 e. The average molecular weight is 251 g/mol. The molecule has 100 valence electrons. The summed E-state index contributed by atoms with van der Waals surface area (Å²) < 4.78 is 11.1. The zero-order valence-electron chi connectivity index (χ0n) is 10.8. The summed E-state index contributed by atoms with van der Waals surface area (Å²) in [6, 6.07) is -0.120. The van der Waals surface area contributed by atoms with E-state index in [0.717, 1.165) is 37.9 Å². The SMILES string of the molecule is CCCCC(N)c1nc(C2CC3CCC2O3)no1. The van der Waals surface area contributed by atoms with Gasteiger partial charge in [0.15, 0.2) is 5.82 Å². The summed E-state index contributed by atoms with van der Waals surface area (Å²) in [6.45, 7) is 2.15. The summed E-state index contributed by atoms with van der Waals surface area (Å²) >= 11 is 0. The Morgan fingerprint density at radius 1 is 1.44 bits per heavy atom. The summed E-state index contributed by atoms with van der Waals surface area (Å²) in [5.74, 6) is 1.70. The van der Waals surface area contributed by atoms with Crippen molar-refractivity contribution in [3.8, 4) is 0 Å². The van der Waals surface area contributed by atoms with E-state index in [1.165, 1.54) is 6.42 Å². The first kappa shape index (κ1) is 12.1. The number of rotatable bonds is 5. The minimum atomic E-state index is -0.120. The number of unbranched alkanes of at least 4 members (excludes halogenated alkanes) is 1. The molecule has 1 aromatic heterocycles. The Hall–Kier alpha value is -0.940. The van der Waals surface area contributed by atoms with E-state index in [0.29, 0.717) is 24.0 Å². The zero-order valence-corrected chi connectivity index (χ0v) is 10.8. The van der Waals surface area contributed by atoms with Crippen LogP contribution in [-0.2, 0) is 4.74 Å². The first-order valence-corrected chi connectivity index (χ1v) is 7.02. The average Bonchev–Trinajstić information content (AvgIpc) is 3.09. The maximum Gasteiger partial charge on any atom is 0.243 e. The molecule has 2 N–H and O–H groups in total. The molecule has 0 saturated carbocycles. The summed E-state index contributed by atoms with van der Waals surface area (Å²) in [6.07, 6.45) is 7.19. The summed E-state index contributed by atoms with van der Waals surface area (Å²) in [5, 5.41) is 4.10. The van der Waals surface area contributed by atoms with Crippen LogP contribution in [0.5, 0.6) is 0 Å². The van der Waals surface area contributed by atoms with Crippen LogP contribution in [-0.4, -0.2) is 22.3 Å². The lowest BCUT2D eigenvalue weighted by molar-refractivity contribution is 0.0996. The van der Waals surface area contributed by atoms with Crippen molar-refractivity contribution < 1.29 is 9.26 Å². The standard InChI is InChI=1S/C13H21N3O2/c1-2-3-4-10(14)13-15-12(16-18-13)9-7-8-5-6-11(9)17-8/h8-11H,2-7,14H2,1H3. The van der Waals surface area contributed by atoms with Crippen LogP contribution >= 0.6 is 0 Å². The molecule has 1 aromatic rings. The third-order valence-corrected chi connectivity index (χ3v) is 4.08. The maximum absolute atomic E-state index is 6.04. The van der Waals surface area contributed by atoms with Crippen molar-refractivity contribution >= 4 is 0 Å². The Morgan fingerprint density at radius 2 is 2.33 bits per heavy atom. The first-order chi connectivity index (χ1) is 8.78. The Labute approximate surface area is 107 Å². The van der Waals surface area contributed by atoms with E-state index < -0.39 is 0 Å². The van der Waals surface area contributed by atoms with Gasteiger partial charge in [-0.3, -0.25) is 0 Å². The van der Waals surface area contributed by atoms with Gasteiger partial charge in [0.05, 0.1) is 24.2 Å². The predicted molar refractivity (Wildman–Crippen MR) is 66.0 cm³/mol. The van der Waals surface area contributed by atoms with Crippen LogP contribution in [0, 0.1) is 0 Å². The second-order valence-corrected chi connectivity index (χ2v) is 5.46. The molecule has 2 aliphatic heterocycles. The maximum atomic E-state index is 6.04. The van der Waals surface area contributed by atoms with E-state index in [2.05, 4.69) is 17.1 Å². The van der Waals surface area contributed by atoms with E-state index in [-0.39, 0.29) is 6.04 Å². The number of aromatic nitrogens is 2. The van der Waals surface area contributed by atoms with Crippen molar-refractivity contribution in [3.63, 3.8) is 0 Å². The second kappa shape index (κ2) is 4.97. The normalized spacial score (nSPS) is 32.0. The fourth-order valence-corrected chi connectivity index (χ4v) is 3.01. The van der Waals surface area contributed by atoms with Crippen molar-refractivity contribution in [3.05, 3.63) is 11.7 Å². The molecule has 0 amide bonds. The summed E-state index contributed by atoms with van der Waals surface area (Å²) in [4.78, 5) is 4.48. The van der Waals surface area contributed by atoms with Gasteiger partial charge in [0.2, 0.25) is 5.89 Å². The highest BCUT2D eigenvalue weighted by Gasteiger charge is 2.43. The van der Waals surface area contributed by atoms with Gasteiger partial charge in [0, 0.05) is 0 Å². The Morgan fingerprint density at radius 3 is 3.00 bits per heavy atom. The Bertz CT molecular complexity index is 407. The molecule has 0 aromatic carbocycles. The molecule has 0 spiro atoms.